The summed E-state index contributed by atoms with van der Waals surface area (Å²) in [4.78, 5) is 11.3. The summed E-state index contributed by atoms with van der Waals surface area (Å²) in [5.74, 6) is 2.68. The van der Waals surface area contributed by atoms with Gasteiger partial charge in [0, 0.05) is 0 Å². The number of ether oxygens (including phenoxy) is 4. The minimum absolute atomic E-state index is 0.668. The molecule has 0 saturated carbocycles. The van der Waals surface area contributed by atoms with Gasteiger partial charge >= 0.3 is 0 Å². The quantitative estimate of drug-likeness (QED) is 0.436. The van der Waals surface area contributed by atoms with E-state index in [1.807, 2.05) is 36.4 Å². The van der Waals surface area contributed by atoms with Crippen molar-refractivity contribution >= 4 is 32.3 Å². The Labute approximate surface area is 170 Å². The van der Waals surface area contributed by atoms with Crippen LogP contribution in [0.4, 0.5) is 0 Å². The van der Waals surface area contributed by atoms with Gasteiger partial charge in [-0.1, -0.05) is 34.8 Å². The fraction of sp³-hybridized carbons (Fsp3) is 0.200. The molecule has 2 aromatic heterocycles. The van der Waals surface area contributed by atoms with Crippen LogP contribution in [0.5, 0.6) is 23.0 Å². The molecule has 0 radical (unpaired) electrons. The third kappa shape index (κ3) is 3.04. The van der Waals surface area contributed by atoms with Crippen molar-refractivity contribution in [3.63, 3.8) is 0 Å². The number of rotatable bonds is 6. The van der Waals surface area contributed by atoms with Crippen LogP contribution in [0.25, 0.3) is 30.8 Å². The zero-order chi connectivity index (χ0) is 19.7. The van der Waals surface area contributed by atoms with Gasteiger partial charge in [-0.2, -0.15) is 0 Å². The second-order valence-electron chi connectivity index (χ2n) is 5.73. The number of methoxy groups -OCH3 is 4. The number of para-hydroxylation sites is 2. The molecular weight excluding hydrogens is 396 g/mol. The second kappa shape index (κ2) is 7.65. The van der Waals surface area contributed by atoms with Gasteiger partial charge < -0.3 is 18.9 Å². The summed E-state index contributed by atoms with van der Waals surface area (Å²) >= 11 is 3.04. The summed E-state index contributed by atoms with van der Waals surface area (Å²) < 4.78 is 21.9. The fourth-order valence-electron chi connectivity index (χ4n) is 2.98. The molecule has 28 heavy (non-hydrogen) atoms. The summed E-state index contributed by atoms with van der Waals surface area (Å²) in [7, 11) is 6.50. The Morgan fingerprint density at radius 1 is 0.607 bits per heavy atom. The van der Waals surface area contributed by atoms with E-state index in [-0.39, 0.29) is 0 Å². The number of aromatic nitrogens is 2. The normalized spacial score (nSPS) is 10.9. The van der Waals surface area contributed by atoms with E-state index in [0.29, 0.717) is 23.0 Å². The molecule has 0 atom stereocenters. The van der Waals surface area contributed by atoms with Crippen LogP contribution in [0.3, 0.4) is 0 Å². The lowest BCUT2D eigenvalue weighted by molar-refractivity contribution is 0.356. The Hall–Kier alpha value is -2.84. The van der Waals surface area contributed by atoms with Crippen LogP contribution in [-0.2, 0) is 0 Å². The van der Waals surface area contributed by atoms with Gasteiger partial charge in [-0.15, -0.1) is 0 Å². The van der Waals surface area contributed by atoms with Gasteiger partial charge in [-0.05, 0) is 24.3 Å². The number of fused-ring (bicyclic) bond motifs is 1. The Balaban J connectivity index is 1.79. The highest BCUT2D eigenvalue weighted by atomic mass is 32.1. The number of thiazole rings is 2. The zero-order valence-electron chi connectivity index (χ0n) is 15.8. The summed E-state index contributed by atoms with van der Waals surface area (Å²) in [6, 6.07) is 11.5. The smallest absolute Gasteiger partial charge is 0.170 e. The Kier molecular flexibility index (Phi) is 5.06. The van der Waals surface area contributed by atoms with Crippen molar-refractivity contribution in [3.05, 3.63) is 36.4 Å². The summed E-state index contributed by atoms with van der Waals surface area (Å²) in [5.41, 5.74) is 1.77. The standard InChI is InChI=1S/C20H18N2O4S2/c1-23-13-9-5-7-11(15(13)25-3)17-21-19-20(27-17)22-18(28-19)12-8-6-10-14(24-2)16(12)26-4/h5-10H,1-4H3. The van der Waals surface area contributed by atoms with Gasteiger partial charge in [0.2, 0.25) is 0 Å². The van der Waals surface area contributed by atoms with Gasteiger partial charge in [-0.25, -0.2) is 9.97 Å². The second-order valence-corrected chi connectivity index (χ2v) is 7.69. The van der Waals surface area contributed by atoms with Crippen LogP contribution < -0.4 is 18.9 Å². The number of nitrogens with zero attached hydrogens (tertiary/aromatic N) is 2. The van der Waals surface area contributed by atoms with Crippen molar-refractivity contribution in [2.75, 3.05) is 28.4 Å². The topological polar surface area (TPSA) is 62.7 Å². The van der Waals surface area contributed by atoms with Crippen molar-refractivity contribution in [1.29, 1.82) is 0 Å². The highest BCUT2D eigenvalue weighted by Gasteiger charge is 2.20. The third-order valence-corrected chi connectivity index (χ3v) is 6.34. The first-order valence-electron chi connectivity index (χ1n) is 8.40. The van der Waals surface area contributed by atoms with Crippen LogP contribution >= 0.6 is 22.7 Å². The lowest BCUT2D eigenvalue weighted by Crippen LogP contribution is -1.93. The first-order chi connectivity index (χ1) is 13.7. The molecule has 0 aliphatic carbocycles. The van der Waals surface area contributed by atoms with Crippen LogP contribution in [0.1, 0.15) is 0 Å². The van der Waals surface area contributed by atoms with Crippen molar-refractivity contribution in [2.45, 2.75) is 0 Å². The molecule has 0 spiro atoms. The van der Waals surface area contributed by atoms with Crippen molar-refractivity contribution < 1.29 is 18.9 Å². The van der Waals surface area contributed by atoms with Gasteiger partial charge in [0.15, 0.2) is 32.7 Å². The molecule has 8 heteroatoms. The molecule has 2 aromatic carbocycles. The first-order valence-corrected chi connectivity index (χ1v) is 10.0. The lowest BCUT2D eigenvalue weighted by Gasteiger charge is -2.10. The van der Waals surface area contributed by atoms with Crippen LogP contribution in [0.15, 0.2) is 36.4 Å². The molecule has 4 aromatic rings. The molecule has 4 rings (SSSR count). The largest absolute Gasteiger partial charge is 0.493 e. The highest BCUT2D eigenvalue weighted by molar-refractivity contribution is 7.29. The minimum atomic E-state index is 0.668. The fourth-order valence-corrected chi connectivity index (χ4v) is 5.07. The first kappa shape index (κ1) is 18.5. The summed E-state index contributed by atoms with van der Waals surface area (Å²) in [6.07, 6.45) is 0. The molecular formula is C20H18N2O4S2. The van der Waals surface area contributed by atoms with Crippen LogP contribution in [0, 0.1) is 0 Å². The Morgan fingerprint density at radius 3 is 1.39 bits per heavy atom. The molecule has 6 nitrogen and oxygen atoms in total. The van der Waals surface area contributed by atoms with Crippen LogP contribution in [0.2, 0.25) is 0 Å². The number of hydrogen-bond donors (Lipinski definition) is 0. The van der Waals surface area contributed by atoms with Gasteiger partial charge in [0.25, 0.3) is 0 Å². The SMILES string of the molecule is COc1cccc(-c2nc3sc(-c4cccc(OC)c4OC)nc3s2)c1OC. The molecule has 0 bridgehead atoms. The van der Waals surface area contributed by atoms with E-state index in [4.69, 9.17) is 28.9 Å². The maximum absolute atomic E-state index is 5.54. The van der Waals surface area contributed by atoms with E-state index in [0.717, 1.165) is 30.8 Å². The number of benzene rings is 2. The van der Waals surface area contributed by atoms with Crippen molar-refractivity contribution in [1.82, 2.24) is 9.97 Å². The van der Waals surface area contributed by atoms with Crippen LogP contribution in [-0.4, -0.2) is 38.4 Å². The maximum atomic E-state index is 5.54. The molecule has 0 amide bonds. The monoisotopic (exact) mass is 414 g/mol. The lowest BCUT2D eigenvalue weighted by atomic mass is 10.2. The third-order valence-electron chi connectivity index (χ3n) is 4.24. The molecule has 2 heterocycles. The zero-order valence-corrected chi connectivity index (χ0v) is 17.4. The van der Waals surface area contributed by atoms with E-state index in [2.05, 4.69) is 0 Å². The van der Waals surface area contributed by atoms with Crippen molar-refractivity contribution in [2.24, 2.45) is 0 Å². The summed E-state index contributed by atoms with van der Waals surface area (Å²) in [6.45, 7) is 0. The Morgan fingerprint density at radius 2 is 1.04 bits per heavy atom. The number of hydrogen-bond acceptors (Lipinski definition) is 8. The van der Waals surface area contributed by atoms with E-state index in [1.165, 1.54) is 22.7 Å². The molecule has 144 valence electrons. The highest BCUT2D eigenvalue weighted by Crippen LogP contribution is 2.45. The molecule has 0 aliphatic rings. The van der Waals surface area contributed by atoms with Gasteiger partial charge in [0.05, 0.1) is 39.6 Å². The predicted octanol–water partition coefficient (Wildman–Crippen LogP) is 5.12. The van der Waals surface area contributed by atoms with E-state index in [9.17, 15) is 0 Å². The Bertz CT molecular complexity index is 1020. The molecule has 0 saturated heterocycles. The molecule has 0 unspecified atom stereocenters. The van der Waals surface area contributed by atoms with Gasteiger partial charge in [0.1, 0.15) is 10.0 Å². The average molecular weight is 415 g/mol. The van der Waals surface area contributed by atoms with E-state index < -0.39 is 0 Å². The molecule has 0 fully saturated rings. The van der Waals surface area contributed by atoms with Crippen molar-refractivity contribution in [3.8, 4) is 44.1 Å². The van der Waals surface area contributed by atoms with E-state index in [1.54, 1.807) is 28.4 Å². The minimum Gasteiger partial charge on any atom is -0.493 e. The maximum Gasteiger partial charge on any atom is 0.170 e. The van der Waals surface area contributed by atoms with E-state index >= 15 is 0 Å². The predicted molar refractivity (Wildman–Crippen MR) is 112 cm³/mol. The molecule has 0 aliphatic heterocycles. The summed E-state index contributed by atoms with van der Waals surface area (Å²) in [5, 5.41) is 1.68. The average Bonchev–Trinajstić information content (AvgIpc) is 3.31. The van der Waals surface area contributed by atoms with Gasteiger partial charge in [-0.3, -0.25) is 0 Å². The molecule has 0 N–H and O–H groups in total.